The number of nitrogens with zero attached hydrogens (tertiary/aromatic N) is 4. The number of methoxy groups -OCH3 is 1. The van der Waals surface area contributed by atoms with E-state index in [0.717, 1.165) is 16.9 Å². The summed E-state index contributed by atoms with van der Waals surface area (Å²) in [4.78, 5) is 11.5. The van der Waals surface area contributed by atoms with Crippen LogP contribution in [0.3, 0.4) is 0 Å². The zero-order chi connectivity index (χ0) is 21.8. The van der Waals surface area contributed by atoms with Crippen molar-refractivity contribution < 1.29 is 9.66 Å². The van der Waals surface area contributed by atoms with E-state index in [4.69, 9.17) is 16.3 Å². The number of halogens is 1. The van der Waals surface area contributed by atoms with E-state index in [-0.39, 0.29) is 5.69 Å². The van der Waals surface area contributed by atoms with Gasteiger partial charge in [-0.3, -0.25) is 14.7 Å². The van der Waals surface area contributed by atoms with E-state index >= 15 is 0 Å². The van der Waals surface area contributed by atoms with Crippen molar-refractivity contribution in [3.05, 3.63) is 93.5 Å². The molecule has 0 bridgehead atoms. The molecule has 0 fully saturated rings. The maximum atomic E-state index is 11.5. The van der Waals surface area contributed by atoms with Crippen LogP contribution in [0.15, 0.2) is 82.8 Å². The molecule has 4 aromatic rings. The number of hydrogen-bond donors (Lipinski definition) is 0. The van der Waals surface area contributed by atoms with Crippen molar-refractivity contribution >= 4 is 29.1 Å². The molecule has 7 nitrogen and oxygen atoms in total. The second-order valence-electron chi connectivity index (χ2n) is 6.58. The highest BCUT2D eigenvalue weighted by atomic mass is 35.5. The number of hydrogen-bond acceptors (Lipinski definition) is 6. The van der Waals surface area contributed by atoms with Gasteiger partial charge in [0.15, 0.2) is 11.0 Å². The molecular weight excluding hydrogens is 436 g/mol. The Bertz CT molecular complexity index is 1210. The maximum Gasteiger partial charge on any atom is 0.284 e. The lowest BCUT2D eigenvalue weighted by Gasteiger charge is -2.11. The van der Waals surface area contributed by atoms with Gasteiger partial charge in [-0.15, -0.1) is 10.2 Å². The van der Waals surface area contributed by atoms with Gasteiger partial charge in [0.25, 0.3) is 5.69 Å². The van der Waals surface area contributed by atoms with Gasteiger partial charge in [-0.1, -0.05) is 41.9 Å². The number of nitro groups is 1. The highest BCUT2D eigenvalue weighted by Gasteiger charge is 2.21. The van der Waals surface area contributed by atoms with E-state index in [0.29, 0.717) is 27.4 Å². The van der Waals surface area contributed by atoms with Crippen LogP contribution in [0.4, 0.5) is 5.69 Å². The Hall–Kier alpha value is -3.36. The first kappa shape index (κ1) is 20.9. The fourth-order valence-electron chi connectivity index (χ4n) is 3.04. The smallest absolute Gasteiger partial charge is 0.284 e. The fraction of sp³-hybridized carbons (Fsp3) is 0.0909. The van der Waals surface area contributed by atoms with Crippen molar-refractivity contribution in [1.82, 2.24) is 14.8 Å². The van der Waals surface area contributed by atoms with Crippen molar-refractivity contribution in [1.29, 1.82) is 0 Å². The van der Waals surface area contributed by atoms with Crippen molar-refractivity contribution in [2.45, 2.75) is 16.6 Å². The molecular formula is C22H17ClN4O3S. The molecule has 0 saturated heterocycles. The second kappa shape index (κ2) is 9.20. The predicted molar refractivity (Wildman–Crippen MR) is 120 cm³/mol. The van der Waals surface area contributed by atoms with Gasteiger partial charge in [-0.05, 0) is 53.7 Å². The molecule has 1 aromatic heterocycles. The Labute approximate surface area is 187 Å². The lowest BCUT2D eigenvalue weighted by atomic mass is 10.2. The van der Waals surface area contributed by atoms with Gasteiger partial charge in [-0.25, -0.2) is 0 Å². The van der Waals surface area contributed by atoms with Gasteiger partial charge < -0.3 is 4.74 Å². The minimum atomic E-state index is -0.448. The van der Waals surface area contributed by atoms with Gasteiger partial charge in [0.1, 0.15) is 5.75 Å². The van der Waals surface area contributed by atoms with Crippen LogP contribution in [0.5, 0.6) is 5.75 Å². The molecule has 3 aromatic carbocycles. The number of rotatable bonds is 7. The number of nitro benzene ring substituents is 1. The first-order chi connectivity index (χ1) is 15.0. The molecule has 0 aliphatic carbocycles. The topological polar surface area (TPSA) is 83.1 Å². The summed E-state index contributed by atoms with van der Waals surface area (Å²) >= 11 is 7.14. The van der Waals surface area contributed by atoms with Crippen LogP contribution in [0, 0.1) is 10.1 Å². The van der Waals surface area contributed by atoms with Crippen LogP contribution in [0.2, 0.25) is 5.02 Å². The number of aromatic nitrogens is 3. The van der Waals surface area contributed by atoms with Crippen LogP contribution in [0.1, 0.15) is 5.56 Å². The first-order valence-electron chi connectivity index (χ1n) is 9.28. The summed E-state index contributed by atoms with van der Waals surface area (Å²) in [5.74, 6) is 1.40. The summed E-state index contributed by atoms with van der Waals surface area (Å²) in [7, 11) is 1.61. The Morgan fingerprint density at radius 2 is 1.81 bits per heavy atom. The molecule has 9 heteroatoms. The molecule has 0 N–H and O–H groups in total. The minimum absolute atomic E-state index is 0.0715. The van der Waals surface area contributed by atoms with Gasteiger partial charge in [0, 0.05) is 16.7 Å². The Balaban J connectivity index is 1.77. The van der Waals surface area contributed by atoms with E-state index in [1.165, 1.54) is 17.8 Å². The van der Waals surface area contributed by atoms with E-state index in [2.05, 4.69) is 10.2 Å². The molecule has 0 radical (unpaired) electrons. The van der Waals surface area contributed by atoms with Crippen LogP contribution >= 0.6 is 23.4 Å². The molecule has 156 valence electrons. The summed E-state index contributed by atoms with van der Waals surface area (Å²) in [6.45, 7) is 0.513. The van der Waals surface area contributed by atoms with Gasteiger partial charge in [0.2, 0.25) is 0 Å². The normalized spacial score (nSPS) is 10.8. The maximum absolute atomic E-state index is 11.5. The molecule has 0 spiro atoms. The molecule has 0 saturated carbocycles. The lowest BCUT2D eigenvalue weighted by molar-refractivity contribution is -0.387. The van der Waals surface area contributed by atoms with E-state index < -0.39 is 4.92 Å². The van der Waals surface area contributed by atoms with Crippen molar-refractivity contribution in [3.8, 4) is 17.1 Å². The van der Waals surface area contributed by atoms with Gasteiger partial charge >= 0.3 is 0 Å². The lowest BCUT2D eigenvalue weighted by Crippen LogP contribution is -2.04. The third kappa shape index (κ3) is 4.70. The third-order valence-corrected chi connectivity index (χ3v) is 5.85. The first-order valence-corrected chi connectivity index (χ1v) is 10.5. The third-order valence-electron chi connectivity index (χ3n) is 4.57. The molecule has 0 atom stereocenters. The summed E-state index contributed by atoms with van der Waals surface area (Å²) in [5.41, 5.74) is 1.85. The SMILES string of the molecule is COc1ccc(-c2nnc(Sc3ccc(Cl)cc3[N+](=O)[O-])n2Cc2ccccc2)cc1. The molecule has 0 amide bonds. The van der Waals surface area contributed by atoms with Crippen molar-refractivity contribution in [2.75, 3.05) is 7.11 Å². The fourth-order valence-corrected chi connectivity index (χ4v) is 4.12. The largest absolute Gasteiger partial charge is 0.497 e. The Kier molecular flexibility index (Phi) is 6.20. The monoisotopic (exact) mass is 452 g/mol. The highest BCUT2D eigenvalue weighted by molar-refractivity contribution is 7.99. The van der Waals surface area contributed by atoms with Crippen molar-refractivity contribution in [3.63, 3.8) is 0 Å². The van der Waals surface area contributed by atoms with Crippen LogP contribution in [-0.4, -0.2) is 26.8 Å². The predicted octanol–water partition coefficient (Wildman–Crippen LogP) is 5.71. The average molecular weight is 453 g/mol. The van der Waals surface area contributed by atoms with E-state index in [1.54, 1.807) is 19.2 Å². The van der Waals surface area contributed by atoms with Crippen LogP contribution < -0.4 is 4.74 Å². The highest BCUT2D eigenvalue weighted by Crippen LogP contribution is 2.37. The van der Waals surface area contributed by atoms with Gasteiger partial charge in [-0.2, -0.15) is 0 Å². The zero-order valence-electron chi connectivity index (χ0n) is 16.4. The van der Waals surface area contributed by atoms with E-state index in [1.807, 2.05) is 59.2 Å². The van der Waals surface area contributed by atoms with Crippen LogP contribution in [0.25, 0.3) is 11.4 Å². The Morgan fingerprint density at radius 1 is 1.06 bits per heavy atom. The van der Waals surface area contributed by atoms with E-state index in [9.17, 15) is 10.1 Å². The van der Waals surface area contributed by atoms with Crippen molar-refractivity contribution in [2.24, 2.45) is 0 Å². The summed E-state index contributed by atoms with van der Waals surface area (Å²) in [5, 5.41) is 21.1. The zero-order valence-corrected chi connectivity index (χ0v) is 18.0. The molecule has 31 heavy (non-hydrogen) atoms. The quantitative estimate of drug-likeness (QED) is 0.263. The standard InChI is InChI=1S/C22H17ClN4O3S/c1-30-18-10-7-16(8-11-18)21-24-25-22(26(21)14-15-5-3-2-4-6-15)31-20-12-9-17(23)13-19(20)27(28)29/h2-13H,14H2,1H3. The molecule has 0 aliphatic rings. The minimum Gasteiger partial charge on any atom is -0.497 e. The summed E-state index contributed by atoms with van der Waals surface area (Å²) in [6, 6.07) is 22.0. The second-order valence-corrected chi connectivity index (χ2v) is 8.02. The number of benzene rings is 3. The summed E-state index contributed by atoms with van der Waals surface area (Å²) < 4.78 is 7.18. The molecule has 4 rings (SSSR count). The Morgan fingerprint density at radius 3 is 2.48 bits per heavy atom. The molecule has 0 aliphatic heterocycles. The van der Waals surface area contributed by atoms with Crippen LogP contribution in [-0.2, 0) is 6.54 Å². The number of ether oxygens (including phenoxy) is 1. The molecule has 0 unspecified atom stereocenters. The average Bonchev–Trinajstić information content (AvgIpc) is 3.17. The molecule has 1 heterocycles. The van der Waals surface area contributed by atoms with Gasteiger partial charge in [0.05, 0.1) is 23.5 Å². The summed E-state index contributed by atoms with van der Waals surface area (Å²) in [6.07, 6.45) is 0.